The van der Waals surface area contributed by atoms with Gasteiger partial charge < -0.3 is 14.9 Å². The number of aliphatic hydroxyl groups excluding tert-OH is 2. The number of H-pyrrole nitrogens is 1. The molecule has 2 rings (SSSR count). The van der Waals surface area contributed by atoms with Crippen molar-refractivity contribution in [2.75, 3.05) is 6.61 Å². The number of hydrogen-bond donors (Lipinski definition) is 3. The zero-order chi connectivity index (χ0) is 14.0. The summed E-state index contributed by atoms with van der Waals surface area (Å²) in [5.74, 6) is 0. The third-order valence-electron chi connectivity index (χ3n) is 2.93. The zero-order valence-corrected chi connectivity index (χ0v) is 9.82. The van der Waals surface area contributed by atoms with Gasteiger partial charge in [-0.3, -0.25) is 14.3 Å². The maximum atomic E-state index is 12.1. The molecule has 1 aliphatic rings. The topological polar surface area (TPSA) is 105 Å². The van der Waals surface area contributed by atoms with Crippen LogP contribution in [0.2, 0.25) is 0 Å². The van der Waals surface area contributed by atoms with E-state index in [4.69, 9.17) is 9.84 Å². The number of nitrogens with zero attached hydrogens (tertiary/aromatic N) is 1. The Hall–Kier alpha value is -1.77. The summed E-state index contributed by atoms with van der Waals surface area (Å²) in [6, 6.07) is 0. The first-order valence-corrected chi connectivity index (χ1v) is 5.63. The number of halogens is 1. The van der Waals surface area contributed by atoms with Gasteiger partial charge in [-0.2, -0.15) is 0 Å². The molecule has 3 atom stereocenters. The molecule has 104 valence electrons. The van der Waals surface area contributed by atoms with E-state index < -0.39 is 29.7 Å². The summed E-state index contributed by atoms with van der Waals surface area (Å²) in [6.45, 7) is -0.382. The fourth-order valence-electron chi connectivity index (χ4n) is 1.95. The van der Waals surface area contributed by atoms with Gasteiger partial charge in [0.15, 0.2) is 0 Å². The largest absolute Gasteiger partial charge is 0.394 e. The second-order valence-electron chi connectivity index (χ2n) is 4.16. The molecule has 3 N–H and O–H groups in total. The van der Waals surface area contributed by atoms with Crippen LogP contribution >= 0.6 is 0 Å². The Labute approximate surface area is 106 Å². The highest BCUT2D eigenvalue weighted by Crippen LogP contribution is 2.27. The predicted molar refractivity (Wildman–Crippen MR) is 63.1 cm³/mol. The van der Waals surface area contributed by atoms with Crippen LogP contribution in [-0.4, -0.2) is 38.6 Å². The van der Waals surface area contributed by atoms with Gasteiger partial charge in [-0.05, 0) is 6.08 Å². The highest BCUT2D eigenvalue weighted by Gasteiger charge is 2.35. The number of aromatic nitrogens is 2. The van der Waals surface area contributed by atoms with Crippen molar-refractivity contribution in [3.63, 3.8) is 0 Å². The molecule has 0 radical (unpaired) electrons. The van der Waals surface area contributed by atoms with Gasteiger partial charge in [0.05, 0.1) is 24.6 Å². The Morgan fingerprint density at radius 1 is 1.58 bits per heavy atom. The van der Waals surface area contributed by atoms with Crippen molar-refractivity contribution in [2.45, 2.75) is 24.9 Å². The van der Waals surface area contributed by atoms with Gasteiger partial charge in [0.25, 0.3) is 5.56 Å². The van der Waals surface area contributed by atoms with Crippen LogP contribution in [0.15, 0.2) is 22.1 Å². The lowest BCUT2D eigenvalue weighted by atomic mass is 10.2. The smallest absolute Gasteiger partial charge is 0.330 e. The van der Waals surface area contributed by atoms with Crippen LogP contribution in [-0.2, 0) is 4.74 Å². The molecule has 0 aliphatic carbocycles. The summed E-state index contributed by atoms with van der Waals surface area (Å²) in [5, 5.41) is 18.6. The highest BCUT2D eigenvalue weighted by atomic mass is 19.1. The molecule has 1 aromatic heterocycles. The molecule has 7 nitrogen and oxygen atoms in total. The molecule has 8 heteroatoms. The third kappa shape index (κ3) is 2.65. The normalized spacial score (nSPS) is 27.2. The lowest BCUT2D eigenvalue weighted by molar-refractivity contribution is -0.0459. The van der Waals surface area contributed by atoms with Crippen molar-refractivity contribution in [3.05, 3.63) is 38.9 Å². The molecular weight excluding hydrogens is 259 g/mol. The molecule has 19 heavy (non-hydrogen) atoms. The van der Waals surface area contributed by atoms with E-state index in [2.05, 4.69) is 0 Å². The number of aromatic amines is 1. The quantitative estimate of drug-likeness (QED) is 0.662. The molecule has 0 spiro atoms. The minimum atomic E-state index is -0.908. The Kier molecular flexibility index (Phi) is 3.93. The average Bonchev–Trinajstić information content (AvgIpc) is 2.74. The van der Waals surface area contributed by atoms with Crippen LogP contribution < -0.4 is 11.2 Å². The van der Waals surface area contributed by atoms with E-state index in [0.717, 1.165) is 16.8 Å². The molecule has 1 aliphatic heterocycles. The monoisotopic (exact) mass is 272 g/mol. The van der Waals surface area contributed by atoms with Crippen molar-refractivity contribution in [2.24, 2.45) is 0 Å². The molecule has 1 unspecified atom stereocenters. The fraction of sp³-hybridized carbons (Fsp3) is 0.455. The first-order chi connectivity index (χ1) is 9.06. The lowest BCUT2D eigenvalue weighted by Crippen LogP contribution is -2.33. The van der Waals surface area contributed by atoms with E-state index in [-0.39, 0.29) is 24.9 Å². The standard InChI is InChI=1S/C11H13FN2O5/c12-2-1-6-4-14(11(18)13-10(6)17)9-3-7(16)8(5-15)19-9/h1-2,4,7-9,15-16H,3,5H2,(H,13,17,18)/t7?,8-,9-/m1/s1. The molecule has 0 bridgehead atoms. The molecule has 1 saturated heterocycles. The van der Waals surface area contributed by atoms with Gasteiger partial charge in [-0.1, -0.05) is 0 Å². The average molecular weight is 272 g/mol. The summed E-state index contributed by atoms with van der Waals surface area (Å²) >= 11 is 0. The van der Waals surface area contributed by atoms with Crippen LogP contribution in [0.25, 0.3) is 6.08 Å². The summed E-state index contributed by atoms with van der Waals surface area (Å²) in [5.41, 5.74) is -1.49. The molecule has 0 aromatic carbocycles. The van der Waals surface area contributed by atoms with E-state index >= 15 is 0 Å². The Morgan fingerprint density at radius 3 is 2.89 bits per heavy atom. The third-order valence-corrected chi connectivity index (χ3v) is 2.93. The van der Waals surface area contributed by atoms with Gasteiger partial charge in [0.2, 0.25) is 0 Å². The molecule has 0 amide bonds. The maximum absolute atomic E-state index is 12.1. The van der Waals surface area contributed by atoms with Crippen LogP contribution in [0.4, 0.5) is 4.39 Å². The first-order valence-electron chi connectivity index (χ1n) is 5.63. The van der Waals surface area contributed by atoms with E-state index in [0.29, 0.717) is 0 Å². The fourth-order valence-corrected chi connectivity index (χ4v) is 1.95. The summed E-state index contributed by atoms with van der Waals surface area (Å²) in [7, 11) is 0. The van der Waals surface area contributed by atoms with Gasteiger partial charge in [0.1, 0.15) is 12.3 Å². The van der Waals surface area contributed by atoms with Crippen molar-refractivity contribution in [1.29, 1.82) is 0 Å². The van der Waals surface area contributed by atoms with E-state index in [1.165, 1.54) is 0 Å². The maximum Gasteiger partial charge on any atom is 0.330 e. The Morgan fingerprint density at radius 2 is 2.32 bits per heavy atom. The van der Waals surface area contributed by atoms with E-state index in [1.807, 2.05) is 4.98 Å². The van der Waals surface area contributed by atoms with Gasteiger partial charge in [0, 0.05) is 12.6 Å². The van der Waals surface area contributed by atoms with Crippen LogP contribution in [0.1, 0.15) is 18.2 Å². The summed E-state index contributed by atoms with van der Waals surface area (Å²) in [4.78, 5) is 25.0. The van der Waals surface area contributed by atoms with Crippen molar-refractivity contribution >= 4 is 6.08 Å². The van der Waals surface area contributed by atoms with Crippen LogP contribution in [0.3, 0.4) is 0 Å². The summed E-state index contributed by atoms with van der Waals surface area (Å²) < 4.78 is 18.5. The minimum Gasteiger partial charge on any atom is -0.394 e. The number of rotatable bonds is 3. The lowest BCUT2D eigenvalue weighted by Gasteiger charge is -2.14. The zero-order valence-electron chi connectivity index (χ0n) is 9.82. The summed E-state index contributed by atoms with van der Waals surface area (Å²) in [6.07, 6.45) is -0.185. The number of hydrogen-bond acceptors (Lipinski definition) is 5. The van der Waals surface area contributed by atoms with Crippen molar-refractivity contribution < 1.29 is 19.3 Å². The molecular formula is C11H13FN2O5. The molecule has 1 fully saturated rings. The minimum absolute atomic E-state index is 0.0485. The second kappa shape index (κ2) is 5.47. The van der Waals surface area contributed by atoms with E-state index in [9.17, 15) is 19.1 Å². The second-order valence-corrected chi connectivity index (χ2v) is 4.16. The van der Waals surface area contributed by atoms with Crippen molar-refractivity contribution in [3.8, 4) is 0 Å². The number of nitrogens with one attached hydrogen (secondary N) is 1. The molecule has 0 saturated carbocycles. The van der Waals surface area contributed by atoms with E-state index in [1.54, 1.807) is 0 Å². The van der Waals surface area contributed by atoms with Gasteiger partial charge in [-0.15, -0.1) is 0 Å². The predicted octanol–water partition coefficient (Wildman–Crippen LogP) is -0.883. The van der Waals surface area contributed by atoms with Crippen LogP contribution in [0.5, 0.6) is 0 Å². The SMILES string of the molecule is O=c1[nH]c(=O)n([C@H]2CC(O)[C@@H](CO)O2)cc1C=CF. The first kappa shape index (κ1) is 13.7. The number of ether oxygens (including phenoxy) is 1. The highest BCUT2D eigenvalue weighted by molar-refractivity contribution is 5.44. The Bertz CT molecular complexity index is 593. The number of aliphatic hydroxyl groups is 2. The van der Waals surface area contributed by atoms with Gasteiger partial charge >= 0.3 is 5.69 Å². The Balaban J connectivity index is 2.38. The van der Waals surface area contributed by atoms with Crippen LogP contribution in [0, 0.1) is 0 Å². The van der Waals surface area contributed by atoms with Crippen molar-refractivity contribution in [1.82, 2.24) is 9.55 Å². The molecule has 2 heterocycles. The van der Waals surface area contributed by atoms with Gasteiger partial charge in [-0.25, -0.2) is 9.18 Å². The molecule has 1 aromatic rings.